The first-order valence-electron chi connectivity index (χ1n) is 10.4. The Morgan fingerprint density at radius 3 is 2.65 bits per heavy atom. The number of allylic oxidation sites excluding steroid dienone is 3. The van der Waals surface area contributed by atoms with Crippen molar-refractivity contribution in [3.63, 3.8) is 0 Å². The van der Waals surface area contributed by atoms with Gasteiger partial charge in [0.25, 0.3) is 0 Å². The van der Waals surface area contributed by atoms with Crippen LogP contribution in [0.25, 0.3) is 16.8 Å². The summed E-state index contributed by atoms with van der Waals surface area (Å²) >= 11 is 0. The van der Waals surface area contributed by atoms with Gasteiger partial charge in [0, 0.05) is 11.1 Å². The van der Waals surface area contributed by atoms with E-state index in [2.05, 4.69) is 49.6 Å². The van der Waals surface area contributed by atoms with Crippen LogP contribution in [0.15, 0.2) is 91.1 Å². The maximum atomic E-state index is 12.9. The van der Waals surface area contributed by atoms with E-state index in [-0.39, 0.29) is 0 Å². The lowest BCUT2D eigenvalue weighted by Crippen LogP contribution is -2.34. The van der Waals surface area contributed by atoms with Crippen LogP contribution >= 0.6 is 0 Å². The maximum Gasteiger partial charge on any atom is 0.339 e. The maximum absolute atomic E-state index is 12.9. The molecule has 6 rings (SSSR count). The van der Waals surface area contributed by atoms with E-state index in [0.29, 0.717) is 22.6 Å². The molecule has 1 spiro atoms. The van der Waals surface area contributed by atoms with Gasteiger partial charge in [0.15, 0.2) is 5.60 Å². The van der Waals surface area contributed by atoms with Gasteiger partial charge in [0.1, 0.15) is 11.5 Å². The van der Waals surface area contributed by atoms with Gasteiger partial charge in [-0.3, -0.25) is 0 Å². The molecule has 150 valence electrons. The lowest BCUT2D eigenvalue weighted by atomic mass is 9.73. The molecule has 31 heavy (non-hydrogen) atoms. The Labute approximate surface area is 180 Å². The summed E-state index contributed by atoms with van der Waals surface area (Å²) < 4.78 is 12.7. The molecule has 1 saturated heterocycles. The second-order valence-corrected chi connectivity index (χ2v) is 8.12. The number of rotatable bonds is 1. The van der Waals surface area contributed by atoms with Crippen molar-refractivity contribution in [2.24, 2.45) is 0 Å². The number of esters is 1. The van der Waals surface area contributed by atoms with Crippen LogP contribution in [-0.4, -0.2) is 5.97 Å². The zero-order valence-corrected chi connectivity index (χ0v) is 17.0. The van der Waals surface area contributed by atoms with Crippen molar-refractivity contribution in [3.05, 3.63) is 113 Å². The average Bonchev–Trinajstić information content (AvgIpc) is 3.03. The standard InChI is InChI=1S/C28H20O3/c1-3-8-22-17(2)27(29)31-28(22)23-15-19-10-4-5-11-20(19)16-25(23)30-24-14-13-18-9-6-7-12-21(18)26(24)28/h3-5,7-8,10-16H,1-2,6,9H2/b22-8+. The van der Waals surface area contributed by atoms with Crippen molar-refractivity contribution in [1.29, 1.82) is 0 Å². The molecule has 1 aliphatic carbocycles. The fourth-order valence-corrected chi connectivity index (χ4v) is 5.07. The van der Waals surface area contributed by atoms with Gasteiger partial charge in [0.2, 0.25) is 0 Å². The molecule has 0 saturated carbocycles. The smallest absolute Gasteiger partial charge is 0.339 e. The zero-order chi connectivity index (χ0) is 21.2. The molecule has 2 heterocycles. The molecule has 3 nitrogen and oxygen atoms in total. The number of benzene rings is 3. The van der Waals surface area contributed by atoms with Crippen molar-refractivity contribution >= 4 is 22.8 Å². The minimum atomic E-state index is -1.12. The summed E-state index contributed by atoms with van der Waals surface area (Å²) in [5, 5.41) is 2.12. The molecule has 3 aromatic rings. The predicted molar refractivity (Wildman–Crippen MR) is 122 cm³/mol. The Balaban J connectivity index is 1.78. The molecule has 0 bridgehead atoms. The van der Waals surface area contributed by atoms with Crippen molar-refractivity contribution in [3.8, 4) is 11.5 Å². The number of ether oxygens (including phenoxy) is 2. The van der Waals surface area contributed by atoms with E-state index in [1.54, 1.807) is 6.08 Å². The van der Waals surface area contributed by atoms with Crippen LogP contribution in [0.5, 0.6) is 11.5 Å². The van der Waals surface area contributed by atoms with Crippen molar-refractivity contribution < 1.29 is 14.3 Å². The summed E-state index contributed by atoms with van der Waals surface area (Å²) in [6.07, 6.45) is 9.74. The molecule has 0 radical (unpaired) electrons. The van der Waals surface area contributed by atoms with Crippen LogP contribution in [0, 0.1) is 0 Å². The highest BCUT2D eigenvalue weighted by molar-refractivity contribution is 6.00. The van der Waals surface area contributed by atoms with E-state index < -0.39 is 11.6 Å². The summed E-state index contributed by atoms with van der Waals surface area (Å²) in [5.74, 6) is 0.964. The minimum absolute atomic E-state index is 0.351. The first kappa shape index (κ1) is 18.0. The normalized spacial score (nSPS) is 22.1. The molecule has 1 atom stereocenters. The third-order valence-electron chi connectivity index (χ3n) is 6.44. The van der Waals surface area contributed by atoms with Gasteiger partial charge in [-0.2, -0.15) is 0 Å². The molecule has 3 aromatic carbocycles. The molecule has 2 aliphatic heterocycles. The van der Waals surface area contributed by atoms with Crippen molar-refractivity contribution in [1.82, 2.24) is 0 Å². The molecule has 0 N–H and O–H groups in total. The minimum Gasteiger partial charge on any atom is -0.456 e. The molecule has 3 aliphatic rings. The molecular weight excluding hydrogens is 384 g/mol. The highest BCUT2D eigenvalue weighted by atomic mass is 16.6. The van der Waals surface area contributed by atoms with Crippen LogP contribution in [0.2, 0.25) is 0 Å². The Bertz CT molecular complexity index is 1390. The van der Waals surface area contributed by atoms with Crippen LogP contribution in [-0.2, 0) is 21.6 Å². The van der Waals surface area contributed by atoms with Gasteiger partial charge in [0.05, 0.1) is 11.1 Å². The second-order valence-electron chi connectivity index (χ2n) is 8.12. The summed E-state index contributed by atoms with van der Waals surface area (Å²) in [6, 6.07) is 16.3. The molecule has 1 unspecified atom stereocenters. The Morgan fingerprint density at radius 2 is 1.84 bits per heavy atom. The number of hydrogen-bond acceptors (Lipinski definition) is 3. The largest absolute Gasteiger partial charge is 0.456 e. The quantitative estimate of drug-likeness (QED) is 0.349. The SMILES string of the molecule is C=C/C=C1\C(=C)C(=O)OC12c1cc3ccccc3cc1Oc1ccc3c(c12)C=CCC3. The van der Waals surface area contributed by atoms with Crippen LogP contribution in [0.3, 0.4) is 0 Å². The summed E-state index contributed by atoms with van der Waals surface area (Å²) in [6.45, 7) is 7.94. The Kier molecular flexibility index (Phi) is 3.66. The lowest BCUT2D eigenvalue weighted by Gasteiger charge is -2.38. The van der Waals surface area contributed by atoms with Crippen LogP contribution in [0.4, 0.5) is 0 Å². The third kappa shape index (κ3) is 2.32. The Morgan fingerprint density at radius 1 is 1.03 bits per heavy atom. The zero-order valence-electron chi connectivity index (χ0n) is 17.0. The van der Waals surface area contributed by atoms with E-state index in [4.69, 9.17) is 9.47 Å². The second kappa shape index (κ2) is 6.32. The first-order chi connectivity index (χ1) is 15.1. The summed E-state index contributed by atoms with van der Waals surface area (Å²) in [5.41, 5.74) is 3.89. The van der Waals surface area contributed by atoms with Crippen molar-refractivity contribution in [2.45, 2.75) is 18.4 Å². The number of carbonyl (C=O) groups excluding carboxylic acids is 1. The average molecular weight is 404 g/mol. The highest BCUT2D eigenvalue weighted by Crippen LogP contribution is 2.59. The van der Waals surface area contributed by atoms with Gasteiger partial charge < -0.3 is 9.47 Å². The van der Waals surface area contributed by atoms with E-state index in [9.17, 15) is 4.79 Å². The van der Waals surface area contributed by atoms with Gasteiger partial charge >= 0.3 is 5.97 Å². The van der Waals surface area contributed by atoms with E-state index in [1.165, 1.54) is 5.56 Å². The monoisotopic (exact) mass is 404 g/mol. The number of aryl methyl sites for hydroxylation is 1. The predicted octanol–water partition coefficient (Wildman–Crippen LogP) is 6.37. The van der Waals surface area contributed by atoms with Gasteiger partial charge in [-0.15, -0.1) is 0 Å². The molecule has 0 aromatic heterocycles. The molecule has 0 amide bonds. The Hall–Kier alpha value is -3.85. The topological polar surface area (TPSA) is 35.5 Å². The fourth-order valence-electron chi connectivity index (χ4n) is 5.07. The third-order valence-corrected chi connectivity index (χ3v) is 6.44. The lowest BCUT2D eigenvalue weighted by molar-refractivity contribution is -0.143. The fraction of sp³-hybridized carbons (Fsp3) is 0.107. The van der Waals surface area contributed by atoms with Crippen molar-refractivity contribution in [2.75, 3.05) is 0 Å². The highest BCUT2D eigenvalue weighted by Gasteiger charge is 2.56. The summed E-state index contributed by atoms with van der Waals surface area (Å²) in [7, 11) is 0. The number of carbonyl (C=O) groups is 1. The molecular formula is C28H20O3. The van der Waals surface area contributed by atoms with Crippen LogP contribution < -0.4 is 4.74 Å². The van der Waals surface area contributed by atoms with E-state index in [1.807, 2.05) is 30.3 Å². The van der Waals surface area contributed by atoms with Gasteiger partial charge in [-0.25, -0.2) is 4.79 Å². The van der Waals surface area contributed by atoms with Crippen LogP contribution in [0.1, 0.15) is 28.7 Å². The molecule has 1 fully saturated rings. The molecule has 3 heteroatoms. The van der Waals surface area contributed by atoms with E-state index >= 15 is 0 Å². The number of hydrogen-bond donors (Lipinski definition) is 0. The first-order valence-corrected chi connectivity index (χ1v) is 10.4. The number of fused-ring (bicyclic) bond motifs is 7. The van der Waals surface area contributed by atoms with E-state index in [0.717, 1.165) is 40.3 Å². The van der Waals surface area contributed by atoms with Gasteiger partial charge in [-0.1, -0.05) is 67.8 Å². The van der Waals surface area contributed by atoms with Gasteiger partial charge in [-0.05, 0) is 52.9 Å². The summed E-state index contributed by atoms with van der Waals surface area (Å²) in [4.78, 5) is 12.9.